The Morgan fingerprint density at radius 2 is 1.75 bits per heavy atom. The Kier molecular flexibility index (Phi) is 4.60. The molecule has 0 fully saturated rings. The lowest BCUT2D eigenvalue weighted by Crippen LogP contribution is -2.17. The Bertz CT molecular complexity index is 748. The summed E-state index contributed by atoms with van der Waals surface area (Å²) in [6, 6.07) is 9.82. The molecule has 5 heteroatoms. The lowest BCUT2D eigenvalue weighted by Gasteiger charge is -2.13. The van der Waals surface area contributed by atoms with Crippen LogP contribution in [0.2, 0.25) is 0 Å². The van der Waals surface area contributed by atoms with E-state index in [4.69, 9.17) is 9.47 Å². The number of fused-ring (bicyclic) bond motifs is 1. The van der Waals surface area contributed by atoms with E-state index in [1.54, 1.807) is 0 Å². The van der Waals surface area contributed by atoms with Crippen molar-refractivity contribution in [2.75, 3.05) is 24.0 Å². The molecule has 2 N–H and O–H groups in total. The second-order valence-corrected chi connectivity index (χ2v) is 6.07. The van der Waals surface area contributed by atoms with Crippen molar-refractivity contribution in [2.24, 2.45) is 0 Å². The van der Waals surface area contributed by atoms with Gasteiger partial charge in [0.2, 0.25) is 12.7 Å². The summed E-state index contributed by atoms with van der Waals surface area (Å²) >= 11 is 0. The van der Waals surface area contributed by atoms with E-state index in [1.807, 2.05) is 32.0 Å². The largest absolute Gasteiger partial charge is 0.454 e. The van der Waals surface area contributed by atoms with Gasteiger partial charge in [-0.1, -0.05) is 17.7 Å². The average Bonchev–Trinajstić information content (AvgIpc) is 2.98. The van der Waals surface area contributed by atoms with Crippen molar-refractivity contribution in [3.05, 3.63) is 47.0 Å². The maximum atomic E-state index is 12.2. The van der Waals surface area contributed by atoms with Gasteiger partial charge in [0.05, 0.1) is 0 Å². The molecule has 1 aliphatic rings. The molecule has 0 aromatic heterocycles. The summed E-state index contributed by atoms with van der Waals surface area (Å²) in [6.45, 7) is 6.90. The number of aryl methyl sites for hydroxylation is 3. The first-order valence-electron chi connectivity index (χ1n) is 8.04. The minimum atomic E-state index is -0.00158. The summed E-state index contributed by atoms with van der Waals surface area (Å²) in [5, 5.41) is 6.24. The van der Waals surface area contributed by atoms with Gasteiger partial charge in [-0.2, -0.15) is 0 Å². The molecule has 1 heterocycles. The molecule has 2 aromatic rings. The van der Waals surface area contributed by atoms with E-state index in [9.17, 15) is 4.79 Å². The van der Waals surface area contributed by atoms with Crippen LogP contribution in [-0.4, -0.2) is 19.2 Å². The van der Waals surface area contributed by atoms with Crippen LogP contribution in [0.5, 0.6) is 11.5 Å². The highest BCUT2D eigenvalue weighted by Gasteiger charge is 2.13. The zero-order valence-electron chi connectivity index (χ0n) is 14.2. The molecule has 0 bridgehead atoms. The smallest absolute Gasteiger partial charge is 0.231 e. The number of carbonyl (C=O) groups excluding carboxylic acids is 1. The monoisotopic (exact) mass is 326 g/mol. The lowest BCUT2D eigenvalue weighted by atomic mass is 10.1. The van der Waals surface area contributed by atoms with E-state index in [0.29, 0.717) is 13.0 Å². The van der Waals surface area contributed by atoms with Crippen LogP contribution in [0.3, 0.4) is 0 Å². The van der Waals surface area contributed by atoms with Crippen LogP contribution in [0.1, 0.15) is 23.1 Å². The summed E-state index contributed by atoms with van der Waals surface area (Å²) in [7, 11) is 0. The molecule has 1 amide bonds. The van der Waals surface area contributed by atoms with Crippen LogP contribution in [0.4, 0.5) is 11.4 Å². The summed E-state index contributed by atoms with van der Waals surface area (Å²) < 4.78 is 10.6. The van der Waals surface area contributed by atoms with E-state index in [-0.39, 0.29) is 12.7 Å². The van der Waals surface area contributed by atoms with Crippen LogP contribution in [0.15, 0.2) is 30.3 Å². The minimum absolute atomic E-state index is 0.00158. The van der Waals surface area contributed by atoms with E-state index < -0.39 is 0 Å². The SMILES string of the molecule is Cc1cc(C)c(NC(=O)CCNc2ccc3c(c2)OCO3)c(C)c1. The van der Waals surface area contributed by atoms with Gasteiger partial charge < -0.3 is 20.1 Å². The van der Waals surface area contributed by atoms with E-state index in [2.05, 4.69) is 29.7 Å². The van der Waals surface area contributed by atoms with Gasteiger partial charge in [0.1, 0.15) is 0 Å². The molecule has 1 aliphatic heterocycles. The first-order valence-corrected chi connectivity index (χ1v) is 8.04. The highest BCUT2D eigenvalue weighted by atomic mass is 16.7. The first kappa shape index (κ1) is 16.2. The number of hydrogen-bond acceptors (Lipinski definition) is 4. The number of rotatable bonds is 5. The molecule has 0 spiro atoms. The Morgan fingerprint density at radius 3 is 2.50 bits per heavy atom. The molecule has 0 saturated carbocycles. The number of ether oxygens (including phenoxy) is 2. The van der Waals surface area contributed by atoms with Crippen molar-refractivity contribution in [3.8, 4) is 11.5 Å². The molecule has 126 valence electrons. The van der Waals surface area contributed by atoms with Crippen molar-refractivity contribution < 1.29 is 14.3 Å². The van der Waals surface area contributed by atoms with E-state index in [0.717, 1.165) is 34.0 Å². The molecule has 3 rings (SSSR count). The zero-order chi connectivity index (χ0) is 17.1. The predicted octanol–water partition coefficient (Wildman–Crippen LogP) is 3.78. The summed E-state index contributed by atoms with van der Waals surface area (Å²) in [4.78, 5) is 12.2. The highest BCUT2D eigenvalue weighted by Crippen LogP contribution is 2.34. The van der Waals surface area contributed by atoms with Crippen molar-refractivity contribution in [1.82, 2.24) is 0 Å². The van der Waals surface area contributed by atoms with Gasteiger partial charge in [0, 0.05) is 30.4 Å². The second kappa shape index (κ2) is 6.83. The van der Waals surface area contributed by atoms with Crippen LogP contribution in [0, 0.1) is 20.8 Å². The predicted molar refractivity (Wildman–Crippen MR) is 95.0 cm³/mol. The summed E-state index contributed by atoms with van der Waals surface area (Å²) in [5.41, 5.74) is 5.20. The van der Waals surface area contributed by atoms with Crippen molar-refractivity contribution in [2.45, 2.75) is 27.2 Å². The van der Waals surface area contributed by atoms with E-state index >= 15 is 0 Å². The van der Waals surface area contributed by atoms with E-state index in [1.165, 1.54) is 5.56 Å². The van der Waals surface area contributed by atoms with Gasteiger partial charge in [0.25, 0.3) is 0 Å². The molecular formula is C19H22N2O3. The van der Waals surface area contributed by atoms with Crippen LogP contribution in [-0.2, 0) is 4.79 Å². The average molecular weight is 326 g/mol. The molecule has 0 radical (unpaired) electrons. The number of carbonyl (C=O) groups is 1. The molecule has 24 heavy (non-hydrogen) atoms. The minimum Gasteiger partial charge on any atom is -0.454 e. The molecule has 0 atom stereocenters. The number of anilines is 2. The quantitative estimate of drug-likeness (QED) is 0.878. The second-order valence-electron chi connectivity index (χ2n) is 6.07. The zero-order valence-corrected chi connectivity index (χ0v) is 14.2. The molecular weight excluding hydrogens is 304 g/mol. The summed E-state index contributed by atoms with van der Waals surface area (Å²) in [5.74, 6) is 1.48. The number of amides is 1. The fourth-order valence-corrected chi connectivity index (χ4v) is 2.91. The van der Waals surface area contributed by atoms with Gasteiger partial charge in [-0.15, -0.1) is 0 Å². The Labute approximate surface area is 142 Å². The highest BCUT2D eigenvalue weighted by molar-refractivity contribution is 5.92. The van der Waals surface area contributed by atoms with Gasteiger partial charge in [-0.3, -0.25) is 4.79 Å². The molecule has 5 nitrogen and oxygen atoms in total. The third kappa shape index (κ3) is 3.62. The van der Waals surface area contributed by atoms with Crippen LogP contribution in [0.25, 0.3) is 0 Å². The molecule has 0 saturated heterocycles. The van der Waals surface area contributed by atoms with Gasteiger partial charge in [0.15, 0.2) is 11.5 Å². The van der Waals surface area contributed by atoms with Crippen molar-refractivity contribution in [3.63, 3.8) is 0 Å². The number of benzene rings is 2. The maximum absolute atomic E-state index is 12.2. The fraction of sp³-hybridized carbons (Fsp3) is 0.316. The number of nitrogens with one attached hydrogen (secondary N) is 2. The first-order chi connectivity index (χ1) is 11.5. The third-order valence-electron chi connectivity index (χ3n) is 4.00. The van der Waals surface area contributed by atoms with Crippen LogP contribution < -0.4 is 20.1 Å². The Hall–Kier alpha value is -2.69. The van der Waals surface area contributed by atoms with Gasteiger partial charge in [-0.25, -0.2) is 0 Å². The van der Waals surface area contributed by atoms with Crippen molar-refractivity contribution in [1.29, 1.82) is 0 Å². The molecule has 0 unspecified atom stereocenters. The standard InChI is InChI=1S/C19H22N2O3/c1-12-8-13(2)19(14(3)9-12)21-18(22)6-7-20-15-4-5-16-17(10-15)24-11-23-16/h4-5,8-10,20H,6-7,11H2,1-3H3,(H,21,22). The topological polar surface area (TPSA) is 59.6 Å². The fourth-order valence-electron chi connectivity index (χ4n) is 2.91. The van der Waals surface area contributed by atoms with Crippen molar-refractivity contribution >= 4 is 17.3 Å². The van der Waals surface area contributed by atoms with Gasteiger partial charge in [-0.05, 0) is 44.0 Å². The lowest BCUT2D eigenvalue weighted by molar-refractivity contribution is -0.115. The molecule has 0 aliphatic carbocycles. The van der Waals surface area contributed by atoms with Crippen LogP contribution >= 0.6 is 0 Å². The Balaban J connectivity index is 1.53. The normalized spacial score (nSPS) is 12.1. The third-order valence-corrected chi connectivity index (χ3v) is 4.00. The number of hydrogen-bond donors (Lipinski definition) is 2. The molecule has 2 aromatic carbocycles. The van der Waals surface area contributed by atoms with Gasteiger partial charge >= 0.3 is 0 Å². The maximum Gasteiger partial charge on any atom is 0.231 e. The Morgan fingerprint density at radius 1 is 1.04 bits per heavy atom. The summed E-state index contributed by atoms with van der Waals surface area (Å²) in [6.07, 6.45) is 0.390.